The van der Waals surface area contributed by atoms with Gasteiger partial charge in [0.2, 0.25) is 0 Å². The molecule has 1 N–H and O–H groups in total. The highest BCUT2D eigenvalue weighted by atomic mass is 32.2. The number of hydrogen-bond donors (Lipinski definition) is 1. The van der Waals surface area contributed by atoms with Crippen molar-refractivity contribution < 1.29 is 18.3 Å². The van der Waals surface area contributed by atoms with Gasteiger partial charge in [-0.25, -0.2) is 17.5 Å². The van der Waals surface area contributed by atoms with Crippen molar-refractivity contribution in [2.24, 2.45) is 0 Å². The van der Waals surface area contributed by atoms with Crippen LogP contribution in [0, 0.1) is 6.92 Å². The van der Waals surface area contributed by atoms with Gasteiger partial charge >= 0.3 is 5.97 Å². The SMILES string of the molecule is C=CCCCN(C)S(=O)(=O)c1cc(C)c(C(=O)O)s1. The molecule has 5 nitrogen and oxygen atoms in total. The number of carbonyl (C=O) groups is 1. The van der Waals surface area contributed by atoms with Crippen LogP contribution in [0.15, 0.2) is 22.9 Å². The zero-order valence-corrected chi connectivity index (χ0v) is 12.6. The smallest absolute Gasteiger partial charge is 0.346 e. The van der Waals surface area contributed by atoms with Crippen LogP contribution in [0.3, 0.4) is 0 Å². The number of nitrogens with zero attached hydrogens (tertiary/aromatic N) is 1. The second-order valence-electron chi connectivity index (χ2n) is 4.14. The van der Waals surface area contributed by atoms with Crippen LogP contribution < -0.4 is 0 Å². The first kappa shape index (κ1) is 15.9. The third-order valence-electron chi connectivity index (χ3n) is 2.64. The molecular formula is C12H17NO4S2. The van der Waals surface area contributed by atoms with Gasteiger partial charge in [-0.2, -0.15) is 0 Å². The fourth-order valence-corrected chi connectivity index (χ4v) is 4.32. The van der Waals surface area contributed by atoms with Crippen LogP contribution in [0.1, 0.15) is 28.1 Å². The maximum Gasteiger partial charge on any atom is 0.346 e. The lowest BCUT2D eigenvalue weighted by Gasteiger charge is -2.15. The van der Waals surface area contributed by atoms with Gasteiger partial charge in [0.15, 0.2) is 0 Å². The maximum absolute atomic E-state index is 12.2. The van der Waals surface area contributed by atoms with Crippen molar-refractivity contribution in [3.8, 4) is 0 Å². The molecule has 0 aromatic carbocycles. The lowest BCUT2D eigenvalue weighted by Crippen LogP contribution is -2.27. The van der Waals surface area contributed by atoms with Gasteiger partial charge < -0.3 is 5.11 Å². The van der Waals surface area contributed by atoms with E-state index in [1.807, 2.05) is 0 Å². The number of carboxylic acid groups (broad SMARTS) is 1. The molecule has 1 rings (SSSR count). The molecule has 0 radical (unpaired) electrons. The van der Waals surface area contributed by atoms with Crippen molar-refractivity contribution in [3.05, 3.63) is 29.2 Å². The van der Waals surface area contributed by atoms with E-state index in [0.29, 0.717) is 18.5 Å². The topological polar surface area (TPSA) is 74.7 Å². The molecule has 0 bridgehead atoms. The molecule has 0 fully saturated rings. The standard InChI is InChI=1S/C12H17NO4S2/c1-4-5-6-7-13(3)19(16,17)10-8-9(2)11(18-10)12(14)15/h4,8H,1,5-7H2,2-3H3,(H,14,15). The Morgan fingerprint density at radius 3 is 2.68 bits per heavy atom. The summed E-state index contributed by atoms with van der Waals surface area (Å²) in [5.41, 5.74) is 0.468. The van der Waals surface area contributed by atoms with Crippen molar-refractivity contribution >= 4 is 27.3 Å². The molecule has 0 spiro atoms. The quantitative estimate of drug-likeness (QED) is 0.620. The number of allylic oxidation sites excluding steroid dienone is 1. The second kappa shape index (κ2) is 6.31. The molecule has 0 aliphatic heterocycles. The molecule has 1 aromatic rings. The van der Waals surface area contributed by atoms with Crippen LogP contribution in [0.25, 0.3) is 0 Å². The van der Waals surface area contributed by atoms with Crippen molar-refractivity contribution in [2.45, 2.75) is 24.0 Å². The van der Waals surface area contributed by atoms with Gasteiger partial charge in [0, 0.05) is 13.6 Å². The van der Waals surface area contributed by atoms with Gasteiger partial charge in [0.1, 0.15) is 9.09 Å². The Balaban J connectivity index is 2.96. The molecule has 0 aliphatic carbocycles. The van der Waals surface area contributed by atoms with E-state index < -0.39 is 16.0 Å². The normalized spacial score (nSPS) is 11.7. The van der Waals surface area contributed by atoms with E-state index in [-0.39, 0.29) is 9.09 Å². The highest BCUT2D eigenvalue weighted by molar-refractivity contribution is 7.91. The number of carboxylic acids is 1. The Kier molecular flexibility index (Phi) is 5.28. The zero-order valence-electron chi connectivity index (χ0n) is 10.9. The van der Waals surface area contributed by atoms with Crippen LogP contribution in [-0.2, 0) is 10.0 Å². The molecule has 0 saturated carbocycles. The van der Waals surface area contributed by atoms with E-state index in [2.05, 4.69) is 6.58 Å². The lowest BCUT2D eigenvalue weighted by atomic mass is 10.3. The summed E-state index contributed by atoms with van der Waals surface area (Å²) >= 11 is 0.793. The Bertz CT molecular complexity index is 575. The number of sulfonamides is 1. The number of rotatable bonds is 7. The molecule has 1 heterocycles. The Morgan fingerprint density at radius 1 is 1.58 bits per heavy atom. The predicted octanol–water partition coefficient (Wildman–Crippen LogP) is 2.34. The van der Waals surface area contributed by atoms with Crippen molar-refractivity contribution in [1.82, 2.24) is 4.31 Å². The molecule has 0 atom stereocenters. The molecule has 19 heavy (non-hydrogen) atoms. The van der Waals surface area contributed by atoms with E-state index in [4.69, 9.17) is 5.11 Å². The Hall–Kier alpha value is -1.18. The molecule has 106 valence electrons. The van der Waals surface area contributed by atoms with E-state index in [1.165, 1.54) is 17.4 Å². The largest absolute Gasteiger partial charge is 0.477 e. The average Bonchev–Trinajstić information content (AvgIpc) is 2.72. The summed E-state index contributed by atoms with van der Waals surface area (Å²) in [6.07, 6.45) is 3.16. The molecule has 1 aromatic heterocycles. The van der Waals surface area contributed by atoms with Gasteiger partial charge in [-0.3, -0.25) is 0 Å². The number of thiophene rings is 1. The van der Waals surface area contributed by atoms with E-state index in [0.717, 1.165) is 17.8 Å². The van der Waals surface area contributed by atoms with Crippen LogP contribution in [0.2, 0.25) is 0 Å². The van der Waals surface area contributed by atoms with Gasteiger partial charge in [-0.05, 0) is 31.4 Å². The summed E-state index contributed by atoms with van der Waals surface area (Å²) in [5.74, 6) is -1.10. The van der Waals surface area contributed by atoms with Crippen molar-refractivity contribution in [3.63, 3.8) is 0 Å². The molecule has 0 amide bonds. The minimum atomic E-state index is -3.60. The number of aromatic carboxylic acids is 1. The van der Waals surface area contributed by atoms with Gasteiger partial charge in [-0.1, -0.05) is 6.08 Å². The highest BCUT2D eigenvalue weighted by Gasteiger charge is 2.25. The summed E-state index contributed by atoms with van der Waals surface area (Å²) in [7, 11) is -2.11. The maximum atomic E-state index is 12.2. The van der Waals surface area contributed by atoms with E-state index in [9.17, 15) is 13.2 Å². The lowest BCUT2D eigenvalue weighted by molar-refractivity contribution is 0.0701. The van der Waals surface area contributed by atoms with Gasteiger partial charge in [0.05, 0.1) is 0 Å². The van der Waals surface area contributed by atoms with Gasteiger partial charge in [0.25, 0.3) is 10.0 Å². The molecule has 0 saturated heterocycles. The van der Waals surface area contributed by atoms with Crippen LogP contribution >= 0.6 is 11.3 Å². The third-order valence-corrected chi connectivity index (χ3v) is 6.17. The predicted molar refractivity (Wildman–Crippen MR) is 75.3 cm³/mol. The Morgan fingerprint density at radius 2 is 2.21 bits per heavy atom. The number of hydrogen-bond acceptors (Lipinski definition) is 4. The van der Waals surface area contributed by atoms with Crippen LogP contribution in [0.5, 0.6) is 0 Å². The summed E-state index contributed by atoms with van der Waals surface area (Å²) < 4.78 is 25.8. The molecule has 7 heteroatoms. The van der Waals surface area contributed by atoms with Gasteiger partial charge in [-0.15, -0.1) is 17.9 Å². The van der Waals surface area contributed by atoms with Crippen molar-refractivity contribution in [2.75, 3.05) is 13.6 Å². The van der Waals surface area contributed by atoms with Crippen LogP contribution in [-0.4, -0.2) is 37.4 Å². The molecule has 0 unspecified atom stereocenters. The second-order valence-corrected chi connectivity index (χ2v) is 7.46. The zero-order chi connectivity index (χ0) is 14.6. The monoisotopic (exact) mass is 303 g/mol. The molecule has 0 aliphatic rings. The summed E-state index contributed by atoms with van der Waals surface area (Å²) in [5, 5.41) is 8.95. The van der Waals surface area contributed by atoms with E-state index >= 15 is 0 Å². The van der Waals surface area contributed by atoms with Crippen molar-refractivity contribution in [1.29, 1.82) is 0 Å². The van der Waals surface area contributed by atoms with E-state index in [1.54, 1.807) is 13.0 Å². The Labute approximate surface area is 117 Å². The average molecular weight is 303 g/mol. The number of aryl methyl sites for hydroxylation is 1. The minimum absolute atomic E-state index is 0.0677. The van der Waals surface area contributed by atoms with Crippen LogP contribution in [0.4, 0.5) is 0 Å². The summed E-state index contributed by atoms with van der Waals surface area (Å²) in [6, 6.07) is 1.41. The fourth-order valence-electron chi connectivity index (χ4n) is 1.52. The first-order chi connectivity index (χ1) is 8.80. The minimum Gasteiger partial charge on any atom is -0.477 e. The first-order valence-electron chi connectivity index (χ1n) is 5.71. The fraction of sp³-hybridized carbons (Fsp3) is 0.417. The summed E-state index contributed by atoms with van der Waals surface area (Å²) in [6.45, 7) is 5.56. The highest BCUT2D eigenvalue weighted by Crippen LogP contribution is 2.28. The molecular weight excluding hydrogens is 286 g/mol. The summed E-state index contributed by atoms with van der Waals surface area (Å²) in [4.78, 5) is 11.0. The first-order valence-corrected chi connectivity index (χ1v) is 7.97. The number of unbranched alkanes of at least 4 members (excludes halogenated alkanes) is 1. The third kappa shape index (κ3) is 3.65.